The van der Waals surface area contributed by atoms with Crippen LogP contribution in [0.1, 0.15) is 18.4 Å². The maximum atomic E-state index is 9.54. The van der Waals surface area contributed by atoms with Crippen molar-refractivity contribution in [1.82, 2.24) is 0 Å². The van der Waals surface area contributed by atoms with Crippen molar-refractivity contribution in [3.63, 3.8) is 0 Å². The van der Waals surface area contributed by atoms with Crippen LogP contribution >= 0.6 is 11.6 Å². The molecule has 3 heteroatoms. The lowest BCUT2D eigenvalue weighted by atomic mass is 10.2. The molecule has 1 fully saturated rings. The van der Waals surface area contributed by atoms with Crippen molar-refractivity contribution in [3.8, 4) is 11.5 Å². The Morgan fingerprint density at radius 3 is 2.69 bits per heavy atom. The molecule has 0 aliphatic heterocycles. The predicted molar refractivity (Wildman–Crippen MR) is 51.5 cm³/mol. The van der Waals surface area contributed by atoms with Gasteiger partial charge < -0.3 is 9.84 Å². The number of halogens is 1. The van der Waals surface area contributed by atoms with Crippen LogP contribution in [0.25, 0.3) is 0 Å². The van der Waals surface area contributed by atoms with Gasteiger partial charge in [0.15, 0.2) is 11.5 Å². The number of aromatic hydroxyl groups is 1. The molecule has 1 aromatic rings. The van der Waals surface area contributed by atoms with E-state index in [1.807, 2.05) is 6.92 Å². The van der Waals surface area contributed by atoms with E-state index in [1.165, 1.54) is 0 Å². The average Bonchev–Trinajstić information content (AvgIpc) is 2.79. The summed E-state index contributed by atoms with van der Waals surface area (Å²) in [6.45, 7) is 1.88. The second-order valence-corrected chi connectivity index (χ2v) is 3.82. The third-order valence-corrected chi connectivity index (χ3v) is 2.26. The van der Waals surface area contributed by atoms with Crippen LogP contribution in [0.4, 0.5) is 0 Å². The molecule has 0 unspecified atom stereocenters. The van der Waals surface area contributed by atoms with E-state index in [4.69, 9.17) is 16.3 Å². The molecule has 0 atom stereocenters. The van der Waals surface area contributed by atoms with Crippen LogP contribution in [0.3, 0.4) is 0 Å². The zero-order valence-corrected chi connectivity index (χ0v) is 8.14. The molecule has 0 aromatic heterocycles. The van der Waals surface area contributed by atoms with Gasteiger partial charge in [0.25, 0.3) is 0 Å². The normalized spacial score (nSPS) is 15.8. The Bertz CT molecular complexity index is 309. The summed E-state index contributed by atoms with van der Waals surface area (Å²) < 4.78 is 5.46. The van der Waals surface area contributed by atoms with Gasteiger partial charge in [0, 0.05) is 0 Å². The molecular weight excluding hydrogens is 188 g/mol. The number of benzene rings is 1. The molecular formula is C10H11ClO2. The molecule has 0 spiro atoms. The number of rotatable bonds is 2. The predicted octanol–water partition coefficient (Wildman–Crippen LogP) is 2.90. The number of hydrogen-bond acceptors (Lipinski definition) is 2. The molecule has 1 aliphatic rings. The zero-order chi connectivity index (χ0) is 9.42. The first-order valence-electron chi connectivity index (χ1n) is 4.32. The van der Waals surface area contributed by atoms with E-state index in [0.29, 0.717) is 10.8 Å². The lowest BCUT2D eigenvalue weighted by molar-refractivity contribution is 0.286. The van der Waals surface area contributed by atoms with E-state index in [2.05, 4.69) is 0 Å². The van der Waals surface area contributed by atoms with E-state index >= 15 is 0 Å². The summed E-state index contributed by atoms with van der Waals surface area (Å²) in [5.41, 5.74) is 0.936. The van der Waals surface area contributed by atoms with Gasteiger partial charge in [-0.05, 0) is 37.5 Å². The highest BCUT2D eigenvalue weighted by atomic mass is 35.5. The van der Waals surface area contributed by atoms with Crippen molar-refractivity contribution < 1.29 is 9.84 Å². The highest BCUT2D eigenvalue weighted by Crippen LogP contribution is 2.39. The van der Waals surface area contributed by atoms with Crippen molar-refractivity contribution in [2.45, 2.75) is 25.9 Å². The number of aryl methyl sites for hydroxylation is 1. The first-order chi connectivity index (χ1) is 6.16. The van der Waals surface area contributed by atoms with Crippen LogP contribution in [-0.2, 0) is 0 Å². The van der Waals surface area contributed by atoms with Crippen molar-refractivity contribution in [2.24, 2.45) is 0 Å². The third-order valence-electron chi connectivity index (χ3n) is 1.98. The Labute approximate surface area is 82.1 Å². The zero-order valence-electron chi connectivity index (χ0n) is 7.38. The summed E-state index contributed by atoms with van der Waals surface area (Å²) in [5, 5.41) is 10.0. The second-order valence-electron chi connectivity index (χ2n) is 3.41. The quantitative estimate of drug-likeness (QED) is 0.792. The molecule has 70 valence electrons. The van der Waals surface area contributed by atoms with E-state index in [1.54, 1.807) is 12.1 Å². The number of hydrogen-bond donors (Lipinski definition) is 1. The van der Waals surface area contributed by atoms with Crippen LogP contribution < -0.4 is 4.74 Å². The maximum Gasteiger partial charge on any atom is 0.179 e. The number of phenols is 1. The van der Waals surface area contributed by atoms with Crippen LogP contribution in [0, 0.1) is 6.92 Å². The van der Waals surface area contributed by atoms with Gasteiger partial charge in [-0.1, -0.05) is 11.6 Å². The maximum absolute atomic E-state index is 9.54. The fourth-order valence-electron chi connectivity index (χ4n) is 1.18. The molecule has 2 nitrogen and oxygen atoms in total. The third kappa shape index (κ3) is 1.89. The highest BCUT2D eigenvalue weighted by molar-refractivity contribution is 6.32. The smallest absolute Gasteiger partial charge is 0.179 e. The van der Waals surface area contributed by atoms with Crippen LogP contribution in [0.5, 0.6) is 11.5 Å². The van der Waals surface area contributed by atoms with E-state index in [-0.39, 0.29) is 11.9 Å². The van der Waals surface area contributed by atoms with Crippen LogP contribution in [0.15, 0.2) is 12.1 Å². The monoisotopic (exact) mass is 198 g/mol. The lowest BCUT2D eigenvalue weighted by Gasteiger charge is -2.09. The van der Waals surface area contributed by atoms with Crippen molar-refractivity contribution in [3.05, 3.63) is 22.7 Å². The van der Waals surface area contributed by atoms with Gasteiger partial charge in [0.1, 0.15) is 0 Å². The SMILES string of the molecule is Cc1cc(O)c(OC2CC2)c(Cl)c1. The lowest BCUT2D eigenvalue weighted by Crippen LogP contribution is -1.97. The molecule has 0 heterocycles. The highest BCUT2D eigenvalue weighted by Gasteiger charge is 2.25. The van der Waals surface area contributed by atoms with E-state index < -0.39 is 0 Å². The topological polar surface area (TPSA) is 29.5 Å². The average molecular weight is 199 g/mol. The molecule has 0 amide bonds. The molecule has 1 aromatic carbocycles. The van der Waals surface area contributed by atoms with Crippen molar-refractivity contribution in [2.75, 3.05) is 0 Å². The minimum atomic E-state index is 0.136. The summed E-state index contributed by atoms with van der Waals surface area (Å²) in [7, 11) is 0. The number of phenolic OH excluding ortho intramolecular Hbond substituents is 1. The summed E-state index contributed by atoms with van der Waals surface area (Å²) in [5.74, 6) is 0.562. The first kappa shape index (κ1) is 8.70. The Kier molecular flexibility index (Phi) is 2.08. The molecule has 1 N–H and O–H groups in total. The molecule has 0 radical (unpaired) electrons. The molecule has 0 bridgehead atoms. The summed E-state index contributed by atoms with van der Waals surface area (Å²) >= 11 is 5.92. The Morgan fingerprint density at radius 2 is 2.15 bits per heavy atom. The molecule has 1 aliphatic carbocycles. The van der Waals surface area contributed by atoms with Crippen LogP contribution in [0.2, 0.25) is 5.02 Å². The van der Waals surface area contributed by atoms with Crippen molar-refractivity contribution >= 4 is 11.6 Å². The minimum Gasteiger partial charge on any atom is -0.504 e. The Balaban J connectivity index is 2.31. The van der Waals surface area contributed by atoms with Gasteiger partial charge >= 0.3 is 0 Å². The second kappa shape index (κ2) is 3.11. The minimum absolute atomic E-state index is 0.136. The summed E-state index contributed by atoms with van der Waals surface area (Å²) in [6, 6.07) is 3.45. The standard InChI is InChI=1S/C10H11ClO2/c1-6-4-8(11)10(9(12)5-6)13-7-2-3-7/h4-5,7,12H,2-3H2,1H3. The van der Waals surface area contributed by atoms with Gasteiger partial charge in [-0.2, -0.15) is 0 Å². The number of ether oxygens (including phenoxy) is 1. The molecule has 0 saturated heterocycles. The largest absolute Gasteiger partial charge is 0.504 e. The van der Waals surface area contributed by atoms with Crippen molar-refractivity contribution in [1.29, 1.82) is 0 Å². The van der Waals surface area contributed by atoms with Gasteiger partial charge in [-0.15, -0.1) is 0 Å². The van der Waals surface area contributed by atoms with Gasteiger partial charge in [-0.3, -0.25) is 0 Å². The van der Waals surface area contributed by atoms with Gasteiger partial charge in [0.05, 0.1) is 11.1 Å². The summed E-state index contributed by atoms with van der Waals surface area (Å²) in [4.78, 5) is 0. The van der Waals surface area contributed by atoms with Gasteiger partial charge in [0.2, 0.25) is 0 Å². The van der Waals surface area contributed by atoms with Gasteiger partial charge in [-0.25, -0.2) is 0 Å². The first-order valence-corrected chi connectivity index (χ1v) is 4.70. The molecule has 2 rings (SSSR count). The van der Waals surface area contributed by atoms with E-state index in [9.17, 15) is 5.11 Å². The Morgan fingerprint density at radius 1 is 1.46 bits per heavy atom. The molecule has 13 heavy (non-hydrogen) atoms. The molecule has 1 saturated carbocycles. The fourth-order valence-corrected chi connectivity index (χ4v) is 1.49. The van der Waals surface area contributed by atoms with E-state index in [0.717, 1.165) is 18.4 Å². The van der Waals surface area contributed by atoms with Crippen LogP contribution in [-0.4, -0.2) is 11.2 Å². The Hall–Kier alpha value is -0.890. The fraction of sp³-hybridized carbons (Fsp3) is 0.400. The summed E-state index contributed by atoms with van der Waals surface area (Å²) in [6.07, 6.45) is 2.37.